The van der Waals surface area contributed by atoms with Gasteiger partial charge in [-0.15, -0.1) is 0 Å². The molecule has 9 heteroatoms. The van der Waals surface area contributed by atoms with Crippen molar-refractivity contribution in [2.45, 2.75) is 31.2 Å². The van der Waals surface area contributed by atoms with E-state index in [1.807, 2.05) is 13.8 Å². The smallest absolute Gasteiger partial charge is 0.304 e. The first kappa shape index (κ1) is 17.5. The maximum absolute atomic E-state index is 13.4. The first-order valence-electron chi connectivity index (χ1n) is 6.41. The van der Waals surface area contributed by atoms with Gasteiger partial charge >= 0.3 is 5.69 Å². The molecule has 0 unspecified atom stereocenters. The van der Waals surface area contributed by atoms with Crippen LogP contribution < -0.4 is 10.0 Å². The number of nitrogens with zero attached hydrogens (tertiary/aromatic N) is 1. The maximum Gasteiger partial charge on any atom is 0.304 e. The minimum absolute atomic E-state index is 0.195. The Morgan fingerprint density at radius 1 is 1.33 bits per heavy atom. The predicted molar refractivity (Wildman–Crippen MR) is 76.0 cm³/mol. The van der Waals surface area contributed by atoms with Crippen LogP contribution in [0.1, 0.15) is 20.3 Å². The highest BCUT2D eigenvalue weighted by Gasteiger charge is 2.20. The Hall–Kier alpha value is -1.58. The molecule has 0 aliphatic carbocycles. The number of benzene rings is 1. The Morgan fingerprint density at radius 2 is 2.00 bits per heavy atom. The highest BCUT2D eigenvalue weighted by Crippen LogP contribution is 2.20. The number of rotatable bonds is 8. The molecule has 0 amide bonds. The summed E-state index contributed by atoms with van der Waals surface area (Å²) in [6, 6.07) is 2.80. The van der Waals surface area contributed by atoms with Crippen molar-refractivity contribution in [3.63, 3.8) is 0 Å². The van der Waals surface area contributed by atoms with Crippen molar-refractivity contribution >= 4 is 15.7 Å². The van der Waals surface area contributed by atoms with Gasteiger partial charge in [0.15, 0.2) is 0 Å². The summed E-state index contributed by atoms with van der Waals surface area (Å²) < 4.78 is 39.5. The second kappa shape index (κ2) is 7.43. The van der Waals surface area contributed by atoms with Crippen molar-refractivity contribution in [2.75, 3.05) is 13.1 Å². The van der Waals surface area contributed by atoms with Crippen LogP contribution in [0.4, 0.5) is 10.1 Å². The topological polar surface area (TPSA) is 101 Å². The summed E-state index contributed by atoms with van der Waals surface area (Å²) in [5.41, 5.74) is -0.755. The van der Waals surface area contributed by atoms with Gasteiger partial charge in [0, 0.05) is 24.7 Å². The van der Waals surface area contributed by atoms with E-state index in [4.69, 9.17) is 0 Å². The second-order valence-electron chi connectivity index (χ2n) is 4.73. The molecule has 2 N–H and O–H groups in total. The van der Waals surface area contributed by atoms with E-state index in [9.17, 15) is 22.9 Å². The normalized spacial score (nSPS) is 11.8. The summed E-state index contributed by atoms with van der Waals surface area (Å²) in [5, 5.41) is 13.6. The van der Waals surface area contributed by atoms with Gasteiger partial charge in [-0.1, -0.05) is 13.8 Å². The lowest BCUT2D eigenvalue weighted by atomic mass is 10.3. The van der Waals surface area contributed by atoms with Gasteiger partial charge < -0.3 is 5.32 Å². The lowest BCUT2D eigenvalue weighted by molar-refractivity contribution is -0.387. The number of sulfonamides is 1. The van der Waals surface area contributed by atoms with Crippen molar-refractivity contribution in [1.82, 2.24) is 10.0 Å². The molecule has 1 rings (SSSR count). The molecule has 1 aromatic rings. The Labute approximate surface area is 122 Å². The van der Waals surface area contributed by atoms with E-state index in [-0.39, 0.29) is 11.4 Å². The van der Waals surface area contributed by atoms with Crippen LogP contribution in [-0.2, 0) is 10.0 Å². The van der Waals surface area contributed by atoms with Crippen molar-refractivity contribution in [3.05, 3.63) is 34.1 Å². The first-order chi connectivity index (χ1) is 9.74. The summed E-state index contributed by atoms with van der Waals surface area (Å²) in [6.45, 7) is 4.79. The fourth-order valence-corrected chi connectivity index (χ4v) is 2.66. The zero-order chi connectivity index (χ0) is 16.0. The van der Waals surface area contributed by atoms with Crippen molar-refractivity contribution < 1.29 is 17.7 Å². The van der Waals surface area contributed by atoms with E-state index in [1.165, 1.54) is 0 Å². The van der Waals surface area contributed by atoms with Crippen LogP contribution in [0.3, 0.4) is 0 Å². The minimum Gasteiger partial charge on any atom is -0.314 e. The largest absolute Gasteiger partial charge is 0.314 e. The van der Waals surface area contributed by atoms with E-state index in [0.29, 0.717) is 25.1 Å². The van der Waals surface area contributed by atoms with E-state index >= 15 is 0 Å². The molecule has 0 aliphatic rings. The monoisotopic (exact) mass is 319 g/mol. The van der Waals surface area contributed by atoms with Gasteiger partial charge in [-0.25, -0.2) is 13.1 Å². The number of halogens is 1. The van der Waals surface area contributed by atoms with Gasteiger partial charge in [-0.3, -0.25) is 10.1 Å². The lowest BCUT2D eigenvalue weighted by Gasteiger charge is -2.09. The summed E-state index contributed by atoms with van der Waals surface area (Å²) in [7, 11) is -3.87. The molecule has 0 bridgehead atoms. The Kier molecular flexibility index (Phi) is 6.19. The van der Waals surface area contributed by atoms with Crippen LogP contribution in [0.25, 0.3) is 0 Å². The fraction of sp³-hybridized carbons (Fsp3) is 0.500. The molecular weight excluding hydrogens is 301 g/mol. The average Bonchev–Trinajstić information content (AvgIpc) is 2.37. The Bertz CT molecular complexity index is 605. The van der Waals surface area contributed by atoms with Gasteiger partial charge in [-0.05, 0) is 19.0 Å². The molecule has 21 heavy (non-hydrogen) atoms. The molecule has 0 radical (unpaired) electrons. The molecule has 0 heterocycles. The number of hydrogen-bond donors (Lipinski definition) is 2. The summed E-state index contributed by atoms with van der Waals surface area (Å²) in [5.74, 6) is -1.18. The third-order valence-corrected chi connectivity index (χ3v) is 4.08. The Morgan fingerprint density at radius 3 is 2.52 bits per heavy atom. The van der Waals surface area contributed by atoms with E-state index in [2.05, 4.69) is 10.0 Å². The molecule has 0 spiro atoms. The van der Waals surface area contributed by atoms with Gasteiger partial charge in [0.25, 0.3) is 0 Å². The second-order valence-corrected chi connectivity index (χ2v) is 6.50. The number of nitro benzene ring substituents is 1. The third-order valence-electron chi connectivity index (χ3n) is 2.62. The average molecular weight is 319 g/mol. The Balaban J connectivity index is 2.66. The minimum atomic E-state index is -3.87. The molecule has 1 aromatic carbocycles. The quantitative estimate of drug-likeness (QED) is 0.428. The standard InChI is InChI=1S/C12H18FN3O4S/c1-9(2)14-6-3-7-15-21(19,20)10-4-5-12(16(17)18)11(13)8-10/h4-5,8-9,14-15H,3,6-7H2,1-2H3. The lowest BCUT2D eigenvalue weighted by Crippen LogP contribution is -2.29. The van der Waals surface area contributed by atoms with Crippen LogP contribution in [0.5, 0.6) is 0 Å². The van der Waals surface area contributed by atoms with Crippen molar-refractivity contribution in [3.8, 4) is 0 Å². The summed E-state index contributed by atoms with van der Waals surface area (Å²) in [6.07, 6.45) is 0.576. The van der Waals surface area contributed by atoms with Crippen molar-refractivity contribution in [1.29, 1.82) is 0 Å². The van der Waals surface area contributed by atoms with Gasteiger partial charge in [-0.2, -0.15) is 4.39 Å². The molecule has 0 saturated heterocycles. The molecule has 7 nitrogen and oxygen atoms in total. The number of nitro groups is 1. The van der Waals surface area contributed by atoms with Crippen LogP contribution in [0, 0.1) is 15.9 Å². The molecule has 118 valence electrons. The molecule has 0 aromatic heterocycles. The van der Waals surface area contributed by atoms with Crippen LogP contribution in [0.15, 0.2) is 23.1 Å². The SMILES string of the molecule is CC(C)NCCCNS(=O)(=O)c1ccc([N+](=O)[O-])c(F)c1. The van der Waals surface area contributed by atoms with E-state index < -0.39 is 26.5 Å². The summed E-state index contributed by atoms with van der Waals surface area (Å²) >= 11 is 0. The van der Waals surface area contributed by atoms with Gasteiger partial charge in [0.2, 0.25) is 15.8 Å². The first-order valence-corrected chi connectivity index (χ1v) is 7.89. The van der Waals surface area contributed by atoms with E-state index in [1.54, 1.807) is 0 Å². The number of hydrogen-bond acceptors (Lipinski definition) is 5. The van der Waals surface area contributed by atoms with Crippen LogP contribution in [-0.4, -0.2) is 32.5 Å². The number of nitrogens with one attached hydrogen (secondary N) is 2. The fourth-order valence-electron chi connectivity index (χ4n) is 1.57. The van der Waals surface area contributed by atoms with Gasteiger partial charge in [0.05, 0.1) is 9.82 Å². The third kappa shape index (κ3) is 5.37. The molecule has 0 aliphatic heterocycles. The van der Waals surface area contributed by atoms with Crippen LogP contribution >= 0.6 is 0 Å². The molecule has 0 fully saturated rings. The van der Waals surface area contributed by atoms with Crippen LogP contribution in [0.2, 0.25) is 0 Å². The zero-order valence-electron chi connectivity index (χ0n) is 11.8. The zero-order valence-corrected chi connectivity index (χ0v) is 12.6. The summed E-state index contributed by atoms with van der Waals surface area (Å²) in [4.78, 5) is 9.24. The maximum atomic E-state index is 13.4. The highest BCUT2D eigenvalue weighted by molar-refractivity contribution is 7.89. The van der Waals surface area contributed by atoms with Gasteiger partial charge in [0.1, 0.15) is 0 Å². The predicted octanol–water partition coefficient (Wildman–Crippen LogP) is 1.40. The van der Waals surface area contributed by atoms with Crippen molar-refractivity contribution in [2.24, 2.45) is 0 Å². The molecule has 0 saturated carbocycles. The molecular formula is C12H18FN3O4S. The highest BCUT2D eigenvalue weighted by atomic mass is 32.2. The van der Waals surface area contributed by atoms with E-state index in [0.717, 1.165) is 12.1 Å². The molecule has 0 atom stereocenters.